The quantitative estimate of drug-likeness (QED) is 0.461. The van der Waals surface area contributed by atoms with E-state index in [9.17, 15) is 4.79 Å². The number of amidine groups is 1. The predicted molar refractivity (Wildman–Crippen MR) is 114 cm³/mol. The second kappa shape index (κ2) is 9.60. The molecule has 27 heavy (non-hydrogen) atoms. The molecular formula is C20H18Cl3N3O. The summed E-state index contributed by atoms with van der Waals surface area (Å²) in [6, 6.07) is 18.3. The average molecular weight is 423 g/mol. The lowest BCUT2D eigenvalue weighted by atomic mass is 10.2. The van der Waals surface area contributed by atoms with E-state index in [0.29, 0.717) is 27.7 Å². The Hall–Kier alpha value is -2.27. The summed E-state index contributed by atoms with van der Waals surface area (Å²) in [6.07, 6.45) is 1.66. The van der Waals surface area contributed by atoms with Gasteiger partial charge in [0.1, 0.15) is 5.84 Å². The van der Waals surface area contributed by atoms with Crippen LogP contribution in [0.4, 0.5) is 0 Å². The average Bonchev–Trinajstić information content (AvgIpc) is 2.65. The summed E-state index contributed by atoms with van der Waals surface area (Å²) >= 11 is 12.4. The number of benzene rings is 2. The minimum absolute atomic E-state index is 0. The molecule has 7 heteroatoms. The predicted octanol–water partition coefficient (Wildman–Crippen LogP) is 4.74. The van der Waals surface area contributed by atoms with Crippen molar-refractivity contribution >= 4 is 41.4 Å². The first-order valence-electron chi connectivity index (χ1n) is 8.05. The van der Waals surface area contributed by atoms with Crippen LogP contribution in [0.1, 0.15) is 16.7 Å². The second-order valence-corrected chi connectivity index (χ2v) is 6.58. The molecule has 0 aliphatic rings. The molecular weight excluding hydrogens is 405 g/mol. The minimum atomic E-state index is -0.269. The number of aromatic nitrogens is 1. The summed E-state index contributed by atoms with van der Waals surface area (Å²) < 4.78 is 1.50. The molecule has 0 amide bonds. The van der Waals surface area contributed by atoms with Crippen molar-refractivity contribution in [1.82, 2.24) is 9.88 Å². The lowest BCUT2D eigenvalue weighted by Gasteiger charge is -2.12. The fourth-order valence-corrected chi connectivity index (χ4v) is 3.10. The first-order valence-corrected chi connectivity index (χ1v) is 8.81. The first kappa shape index (κ1) is 21.0. The molecule has 0 aliphatic carbocycles. The molecule has 0 spiro atoms. The molecule has 3 aromatic rings. The molecule has 0 saturated carbocycles. The maximum absolute atomic E-state index is 12.7. The molecule has 0 aliphatic heterocycles. The molecule has 4 nitrogen and oxygen atoms in total. The maximum Gasteiger partial charge on any atom is 0.261 e. The molecule has 0 fully saturated rings. The second-order valence-electron chi connectivity index (χ2n) is 5.77. The Morgan fingerprint density at radius 3 is 2.30 bits per heavy atom. The highest BCUT2D eigenvalue weighted by Crippen LogP contribution is 2.24. The molecule has 0 unspecified atom stereocenters. The van der Waals surface area contributed by atoms with Crippen molar-refractivity contribution in [2.24, 2.45) is 0 Å². The van der Waals surface area contributed by atoms with Crippen molar-refractivity contribution in [1.29, 1.82) is 5.41 Å². The van der Waals surface area contributed by atoms with Gasteiger partial charge in [0.25, 0.3) is 5.56 Å². The Balaban J connectivity index is 0.00000261. The van der Waals surface area contributed by atoms with Gasteiger partial charge in [-0.05, 0) is 29.8 Å². The molecule has 0 saturated heterocycles. The molecule has 3 rings (SSSR count). The highest BCUT2D eigenvalue weighted by atomic mass is 35.5. The maximum atomic E-state index is 12.7. The Morgan fingerprint density at radius 2 is 1.63 bits per heavy atom. The molecule has 0 radical (unpaired) electrons. The van der Waals surface area contributed by atoms with Crippen LogP contribution >= 0.6 is 35.6 Å². The number of hydrogen-bond donors (Lipinski definition) is 2. The summed E-state index contributed by atoms with van der Waals surface area (Å²) in [5.41, 5.74) is 1.75. The van der Waals surface area contributed by atoms with Gasteiger partial charge in [-0.2, -0.15) is 0 Å². The first-order chi connectivity index (χ1) is 12.6. The molecule has 1 aromatic heterocycles. The Kier molecular flexibility index (Phi) is 7.48. The molecule has 2 N–H and O–H groups in total. The zero-order chi connectivity index (χ0) is 18.5. The highest BCUT2D eigenvalue weighted by molar-refractivity contribution is 6.35. The third kappa shape index (κ3) is 5.13. The Labute approximate surface area is 173 Å². The van der Waals surface area contributed by atoms with Gasteiger partial charge < -0.3 is 9.88 Å². The fourth-order valence-electron chi connectivity index (χ4n) is 2.59. The third-order valence-electron chi connectivity index (χ3n) is 3.99. The number of hydrogen-bond acceptors (Lipinski definition) is 2. The Bertz CT molecular complexity index is 967. The van der Waals surface area contributed by atoms with Crippen molar-refractivity contribution < 1.29 is 0 Å². The van der Waals surface area contributed by atoms with Gasteiger partial charge in [-0.3, -0.25) is 10.2 Å². The number of pyridine rings is 1. The fraction of sp³-hybridized carbons (Fsp3) is 0.100. The van der Waals surface area contributed by atoms with Gasteiger partial charge in [0.15, 0.2) is 0 Å². The SMILES string of the molecule is Cl.N=C(NCc1ccccc1)c1cccn(Cc2c(Cl)cccc2Cl)c1=O. The van der Waals surface area contributed by atoms with E-state index in [-0.39, 0.29) is 30.3 Å². The van der Waals surface area contributed by atoms with Crippen LogP contribution in [0.2, 0.25) is 10.0 Å². The van der Waals surface area contributed by atoms with Crippen molar-refractivity contribution in [3.8, 4) is 0 Å². The molecule has 0 atom stereocenters. The van der Waals surface area contributed by atoms with E-state index in [0.717, 1.165) is 5.56 Å². The summed E-state index contributed by atoms with van der Waals surface area (Å²) in [6.45, 7) is 0.724. The van der Waals surface area contributed by atoms with Crippen LogP contribution in [-0.4, -0.2) is 10.4 Å². The van der Waals surface area contributed by atoms with Crippen LogP contribution in [-0.2, 0) is 13.1 Å². The van der Waals surface area contributed by atoms with E-state index < -0.39 is 0 Å². The smallest absolute Gasteiger partial charge is 0.261 e. The molecule has 1 heterocycles. The zero-order valence-electron chi connectivity index (χ0n) is 14.3. The van der Waals surface area contributed by atoms with E-state index in [1.807, 2.05) is 30.3 Å². The summed E-state index contributed by atoms with van der Waals surface area (Å²) in [4.78, 5) is 12.7. The number of nitrogens with one attached hydrogen (secondary N) is 2. The highest BCUT2D eigenvalue weighted by Gasteiger charge is 2.11. The lowest BCUT2D eigenvalue weighted by Crippen LogP contribution is -2.32. The van der Waals surface area contributed by atoms with Crippen molar-refractivity contribution in [3.63, 3.8) is 0 Å². The van der Waals surface area contributed by atoms with Crippen LogP contribution in [0.3, 0.4) is 0 Å². The van der Waals surface area contributed by atoms with Crippen molar-refractivity contribution in [3.05, 3.63) is 104 Å². The van der Waals surface area contributed by atoms with E-state index in [2.05, 4.69) is 5.32 Å². The van der Waals surface area contributed by atoms with Gasteiger partial charge in [-0.1, -0.05) is 59.6 Å². The van der Waals surface area contributed by atoms with Gasteiger partial charge in [0.2, 0.25) is 0 Å². The van der Waals surface area contributed by atoms with Gasteiger partial charge in [0, 0.05) is 28.4 Å². The van der Waals surface area contributed by atoms with Gasteiger partial charge >= 0.3 is 0 Å². The normalized spacial score (nSPS) is 10.1. The van der Waals surface area contributed by atoms with Crippen LogP contribution in [0.5, 0.6) is 0 Å². The standard InChI is InChI=1S/C20H17Cl2N3O.ClH/c21-17-9-4-10-18(22)16(17)13-25-11-5-8-15(20(25)26)19(23)24-12-14-6-2-1-3-7-14;/h1-11H,12-13H2,(H2,23,24);1H. The largest absolute Gasteiger partial charge is 0.366 e. The third-order valence-corrected chi connectivity index (χ3v) is 4.70. The zero-order valence-corrected chi connectivity index (χ0v) is 16.6. The summed E-state index contributed by atoms with van der Waals surface area (Å²) in [7, 11) is 0. The van der Waals surface area contributed by atoms with Crippen molar-refractivity contribution in [2.45, 2.75) is 13.1 Å². The van der Waals surface area contributed by atoms with Crippen LogP contribution in [0, 0.1) is 5.41 Å². The van der Waals surface area contributed by atoms with E-state index in [4.69, 9.17) is 28.6 Å². The minimum Gasteiger partial charge on any atom is -0.366 e. The van der Waals surface area contributed by atoms with E-state index >= 15 is 0 Å². The molecule has 0 bridgehead atoms. The summed E-state index contributed by atoms with van der Waals surface area (Å²) in [5.74, 6) is 0.0819. The summed E-state index contributed by atoms with van der Waals surface area (Å²) in [5, 5.41) is 12.2. The van der Waals surface area contributed by atoms with Crippen molar-refractivity contribution in [2.75, 3.05) is 0 Å². The van der Waals surface area contributed by atoms with E-state index in [1.165, 1.54) is 4.57 Å². The van der Waals surface area contributed by atoms with Gasteiger partial charge in [-0.25, -0.2) is 0 Å². The van der Waals surface area contributed by atoms with E-state index in [1.54, 1.807) is 36.5 Å². The van der Waals surface area contributed by atoms with Gasteiger partial charge in [0.05, 0.1) is 12.1 Å². The van der Waals surface area contributed by atoms with Crippen LogP contribution < -0.4 is 10.9 Å². The monoisotopic (exact) mass is 421 g/mol. The Morgan fingerprint density at radius 1 is 0.963 bits per heavy atom. The lowest BCUT2D eigenvalue weighted by molar-refractivity contribution is 0.755. The van der Waals surface area contributed by atoms with Crippen LogP contribution in [0.15, 0.2) is 71.7 Å². The van der Waals surface area contributed by atoms with Crippen LogP contribution in [0.25, 0.3) is 0 Å². The number of nitrogens with zero attached hydrogens (tertiary/aromatic N) is 1. The van der Waals surface area contributed by atoms with Gasteiger partial charge in [-0.15, -0.1) is 12.4 Å². The topological polar surface area (TPSA) is 57.9 Å². The number of rotatable bonds is 5. The number of halogens is 3. The molecule has 140 valence electrons. The molecule has 2 aromatic carbocycles.